The second-order valence-corrected chi connectivity index (χ2v) is 8.36. The Morgan fingerprint density at radius 3 is 2.40 bits per heavy atom. The lowest BCUT2D eigenvalue weighted by molar-refractivity contribution is -0.133. The Bertz CT molecular complexity index is 386. The third kappa shape index (κ3) is 7.64. The van der Waals surface area contributed by atoms with Crippen molar-refractivity contribution < 1.29 is 9.90 Å². The van der Waals surface area contributed by atoms with Gasteiger partial charge in [0.1, 0.15) is 5.78 Å². The summed E-state index contributed by atoms with van der Waals surface area (Å²) in [5.41, 5.74) is 0. The van der Waals surface area contributed by atoms with E-state index in [0.29, 0.717) is 24.0 Å². The van der Waals surface area contributed by atoms with Crippen molar-refractivity contribution in [3.05, 3.63) is 12.2 Å². The first-order valence-corrected chi connectivity index (χ1v) is 10.9. The van der Waals surface area contributed by atoms with Gasteiger partial charge in [-0.15, -0.1) is 0 Å². The van der Waals surface area contributed by atoms with Crippen LogP contribution in [0.2, 0.25) is 0 Å². The summed E-state index contributed by atoms with van der Waals surface area (Å²) in [5.74, 6) is 1.43. The molecule has 2 heteroatoms. The number of unbranched alkanes of at least 4 members (excludes halogenated alkanes) is 6. The summed E-state index contributed by atoms with van der Waals surface area (Å²) in [4.78, 5) is 12.6. The molecule has 0 radical (unpaired) electrons. The molecule has 0 aromatic rings. The molecule has 0 saturated heterocycles. The first kappa shape index (κ1) is 22.4. The SMILES string of the molecule is CCCCCCC=CC1C(C(C)C)CCC(=O)C1C(O)CCCCC. The lowest BCUT2D eigenvalue weighted by Gasteiger charge is -2.40. The average molecular weight is 351 g/mol. The fraction of sp³-hybridized carbons (Fsp3) is 0.870. The summed E-state index contributed by atoms with van der Waals surface area (Å²) < 4.78 is 0. The summed E-state index contributed by atoms with van der Waals surface area (Å²) in [6.45, 7) is 8.95. The molecule has 1 rings (SSSR count). The van der Waals surface area contributed by atoms with E-state index in [-0.39, 0.29) is 11.8 Å². The largest absolute Gasteiger partial charge is 0.392 e. The van der Waals surface area contributed by atoms with E-state index in [2.05, 4.69) is 39.8 Å². The third-order valence-electron chi connectivity index (χ3n) is 5.96. The van der Waals surface area contributed by atoms with Gasteiger partial charge in [0.25, 0.3) is 0 Å². The molecule has 0 amide bonds. The van der Waals surface area contributed by atoms with Crippen molar-refractivity contribution in [2.45, 2.75) is 104 Å². The Morgan fingerprint density at radius 2 is 1.76 bits per heavy atom. The van der Waals surface area contributed by atoms with Crippen molar-refractivity contribution in [2.75, 3.05) is 0 Å². The normalized spacial score (nSPS) is 25.8. The summed E-state index contributed by atoms with van der Waals surface area (Å²) in [6.07, 6.45) is 16.1. The van der Waals surface area contributed by atoms with Crippen LogP contribution >= 0.6 is 0 Å². The number of carbonyl (C=O) groups excluding carboxylic acids is 1. The minimum Gasteiger partial charge on any atom is -0.392 e. The van der Waals surface area contributed by atoms with Crippen molar-refractivity contribution in [3.63, 3.8) is 0 Å². The fourth-order valence-electron chi connectivity index (χ4n) is 4.39. The molecule has 25 heavy (non-hydrogen) atoms. The summed E-state index contributed by atoms with van der Waals surface area (Å²) >= 11 is 0. The molecule has 2 nitrogen and oxygen atoms in total. The highest BCUT2D eigenvalue weighted by molar-refractivity contribution is 5.83. The zero-order valence-corrected chi connectivity index (χ0v) is 17.2. The van der Waals surface area contributed by atoms with Gasteiger partial charge in [-0.25, -0.2) is 0 Å². The monoisotopic (exact) mass is 350 g/mol. The highest BCUT2D eigenvalue weighted by atomic mass is 16.3. The van der Waals surface area contributed by atoms with Gasteiger partial charge in [0.15, 0.2) is 0 Å². The average Bonchev–Trinajstić information content (AvgIpc) is 2.57. The van der Waals surface area contributed by atoms with Gasteiger partial charge in [-0.3, -0.25) is 4.79 Å². The van der Waals surface area contributed by atoms with Crippen LogP contribution in [0.15, 0.2) is 12.2 Å². The van der Waals surface area contributed by atoms with E-state index in [0.717, 1.165) is 38.5 Å². The molecule has 146 valence electrons. The molecule has 1 saturated carbocycles. The van der Waals surface area contributed by atoms with Crippen LogP contribution in [0.4, 0.5) is 0 Å². The second kappa shape index (κ2) is 12.7. The van der Waals surface area contributed by atoms with Crippen molar-refractivity contribution >= 4 is 5.78 Å². The molecule has 1 fully saturated rings. The zero-order chi connectivity index (χ0) is 18.7. The predicted molar refractivity (Wildman–Crippen MR) is 108 cm³/mol. The Hall–Kier alpha value is -0.630. The molecular formula is C23H42O2. The number of aliphatic hydroxyl groups is 1. The molecule has 0 aromatic heterocycles. The molecule has 1 aliphatic carbocycles. The van der Waals surface area contributed by atoms with E-state index in [9.17, 15) is 9.90 Å². The van der Waals surface area contributed by atoms with E-state index >= 15 is 0 Å². The quantitative estimate of drug-likeness (QED) is 0.330. The molecule has 0 spiro atoms. The van der Waals surface area contributed by atoms with Gasteiger partial charge in [0, 0.05) is 6.42 Å². The standard InChI is InChI=1S/C23H42O2/c1-5-7-9-10-11-13-14-20-19(18(3)4)16-17-22(25)23(20)21(24)15-12-8-6-2/h13-14,18-21,23-24H,5-12,15-17H2,1-4H3. The molecule has 0 aromatic carbocycles. The van der Waals surface area contributed by atoms with Crippen LogP contribution in [-0.2, 0) is 4.79 Å². The number of carbonyl (C=O) groups is 1. The van der Waals surface area contributed by atoms with Crippen LogP contribution in [0.3, 0.4) is 0 Å². The predicted octanol–water partition coefficient (Wildman–Crippen LogP) is 6.32. The number of hydrogen-bond donors (Lipinski definition) is 1. The molecular weight excluding hydrogens is 308 g/mol. The number of Topliss-reactive ketones (excluding diaryl/α,β-unsaturated/α-hetero) is 1. The maximum Gasteiger partial charge on any atom is 0.139 e. The van der Waals surface area contributed by atoms with Gasteiger partial charge >= 0.3 is 0 Å². The third-order valence-corrected chi connectivity index (χ3v) is 5.96. The molecule has 1 aliphatic rings. The lowest BCUT2D eigenvalue weighted by atomic mass is 9.65. The Morgan fingerprint density at radius 1 is 1.08 bits per heavy atom. The molecule has 1 N–H and O–H groups in total. The Kier molecular flexibility index (Phi) is 11.4. The first-order valence-electron chi connectivity index (χ1n) is 10.9. The van der Waals surface area contributed by atoms with Gasteiger partial charge in [0.05, 0.1) is 12.0 Å². The van der Waals surface area contributed by atoms with E-state index in [4.69, 9.17) is 0 Å². The van der Waals surface area contributed by atoms with Crippen molar-refractivity contribution in [1.29, 1.82) is 0 Å². The van der Waals surface area contributed by atoms with Gasteiger partial charge in [-0.1, -0.05) is 78.4 Å². The number of allylic oxidation sites excluding steroid dienone is 2. The highest BCUT2D eigenvalue weighted by Crippen LogP contribution is 2.40. The summed E-state index contributed by atoms with van der Waals surface area (Å²) in [7, 11) is 0. The minimum absolute atomic E-state index is 0.176. The van der Waals surface area contributed by atoms with Gasteiger partial charge in [-0.2, -0.15) is 0 Å². The van der Waals surface area contributed by atoms with Gasteiger partial charge in [0.2, 0.25) is 0 Å². The molecule has 4 atom stereocenters. The minimum atomic E-state index is -0.463. The van der Waals surface area contributed by atoms with Crippen molar-refractivity contribution in [3.8, 4) is 0 Å². The van der Waals surface area contributed by atoms with E-state index in [1.807, 2.05) is 0 Å². The topological polar surface area (TPSA) is 37.3 Å². The maximum atomic E-state index is 12.6. The lowest BCUT2D eigenvalue weighted by Crippen LogP contribution is -2.42. The van der Waals surface area contributed by atoms with E-state index in [1.54, 1.807) is 0 Å². The van der Waals surface area contributed by atoms with E-state index in [1.165, 1.54) is 25.7 Å². The summed E-state index contributed by atoms with van der Waals surface area (Å²) in [6, 6.07) is 0. The number of ketones is 1. The number of rotatable bonds is 12. The molecule has 0 aliphatic heterocycles. The molecule has 0 heterocycles. The van der Waals surface area contributed by atoms with Gasteiger partial charge < -0.3 is 5.11 Å². The Balaban J connectivity index is 2.75. The number of aliphatic hydroxyl groups excluding tert-OH is 1. The maximum absolute atomic E-state index is 12.6. The molecule has 0 bridgehead atoms. The van der Waals surface area contributed by atoms with Crippen LogP contribution in [0.5, 0.6) is 0 Å². The Labute approximate surface area is 156 Å². The van der Waals surface area contributed by atoms with Crippen LogP contribution in [0.1, 0.15) is 98.3 Å². The zero-order valence-electron chi connectivity index (χ0n) is 17.2. The fourth-order valence-corrected chi connectivity index (χ4v) is 4.39. The first-order chi connectivity index (χ1) is 12.0. The van der Waals surface area contributed by atoms with Crippen LogP contribution in [-0.4, -0.2) is 17.0 Å². The van der Waals surface area contributed by atoms with E-state index < -0.39 is 6.10 Å². The van der Waals surface area contributed by atoms with Crippen molar-refractivity contribution in [1.82, 2.24) is 0 Å². The smallest absolute Gasteiger partial charge is 0.139 e. The van der Waals surface area contributed by atoms with Crippen molar-refractivity contribution in [2.24, 2.45) is 23.7 Å². The van der Waals surface area contributed by atoms with Crippen LogP contribution < -0.4 is 0 Å². The second-order valence-electron chi connectivity index (χ2n) is 8.36. The number of hydrogen-bond acceptors (Lipinski definition) is 2. The van der Waals surface area contributed by atoms with Crippen LogP contribution in [0, 0.1) is 23.7 Å². The summed E-state index contributed by atoms with van der Waals surface area (Å²) in [5, 5.41) is 10.8. The van der Waals surface area contributed by atoms with Crippen LogP contribution in [0.25, 0.3) is 0 Å². The highest BCUT2D eigenvalue weighted by Gasteiger charge is 2.41. The molecule has 4 unspecified atom stereocenters. The van der Waals surface area contributed by atoms with Gasteiger partial charge in [-0.05, 0) is 43.4 Å².